The highest BCUT2D eigenvalue weighted by atomic mass is 16.1. The maximum absolute atomic E-state index is 12.6. The molecule has 110 valence electrons. The quantitative estimate of drug-likeness (QED) is 0.793. The molecule has 4 nitrogen and oxygen atoms in total. The molecule has 0 aliphatic rings. The predicted octanol–water partition coefficient (Wildman–Crippen LogP) is 1.45. The third kappa shape index (κ3) is 2.59. The zero-order chi connectivity index (χ0) is 15.5. The van der Waals surface area contributed by atoms with Crippen LogP contribution in [0.3, 0.4) is 0 Å². The van der Waals surface area contributed by atoms with Crippen LogP contribution in [0.5, 0.6) is 0 Å². The Balaban J connectivity index is 2.10. The van der Waals surface area contributed by atoms with Crippen molar-refractivity contribution in [1.29, 1.82) is 0 Å². The molecular weight excluding hydrogens is 274 g/mol. The SMILES string of the molecule is C=c1[nH]n(-c2ccccc2)c(=O)/c1=C\N(C)c1ccccc1. The Kier molecular flexibility index (Phi) is 3.66. The van der Waals surface area contributed by atoms with Crippen molar-refractivity contribution in [3.63, 3.8) is 0 Å². The van der Waals surface area contributed by atoms with E-state index in [-0.39, 0.29) is 5.56 Å². The third-order valence-electron chi connectivity index (χ3n) is 3.51. The van der Waals surface area contributed by atoms with Crippen LogP contribution >= 0.6 is 0 Å². The molecule has 0 fully saturated rings. The van der Waals surface area contributed by atoms with Gasteiger partial charge in [0.25, 0.3) is 5.56 Å². The monoisotopic (exact) mass is 291 g/mol. The lowest BCUT2D eigenvalue weighted by atomic mass is 10.3. The average molecular weight is 291 g/mol. The van der Waals surface area contributed by atoms with E-state index in [0.717, 1.165) is 11.4 Å². The van der Waals surface area contributed by atoms with Gasteiger partial charge < -0.3 is 4.90 Å². The van der Waals surface area contributed by atoms with E-state index < -0.39 is 0 Å². The van der Waals surface area contributed by atoms with Crippen molar-refractivity contribution in [2.24, 2.45) is 0 Å². The van der Waals surface area contributed by atoms with Gasteiger partial charge in [0.05, 0.1) is 16.3 Å². The molecule has 0 aliphatic heterocycles. The summed E-state index contributed by atoms with van der Waals surface area (Å²) in [5.41, 5.74) is 1.69. The van der Waals surface area contributed by atoms with Crippen LogP contribution in [-0.4, -0.2) is 16.8 Å². The second-order valence-electron chi connectivity index (χ2n) is 5.06. The number of para-hydroxylation sites is 2. The van der Waals surface area contributed by atoms with Gasteiger partial charge >= 0.3 is 0 Å². The van der Waals surface area contributed by atoms with Gasteiger partial charge in [0.15, 0.2) is 0 Å². The molecule has 22 heavy (non-hydrogen) atoms. The fraction of sp³-hybridized carbons (Fsp3) is 0.0556. The predicted molar refractivity (Wildman–Crippen MR) is 90.5 cm³/mol. The second-order valence-corrected chi connectivity index (χ2v) is 5.06. The topological polar surface area (TPSA) is 41.0 Å². The highest BCUT2D eigenvalue weighted by Gasteiger charge is 2.05. The largest absolute Gasteiger partial charge is 0.350 e. The molecule has 4 heteroatoms. The van der Waals surface area contributed by atoms with Crippen molar-refractivity contribution >= 4 is 18.5 Å². The summed E-state index contributed by atoms with van der Waals surface area (Å²) in [6, 6.07) is 19.3. The summed E-state index contributed by atoms with van der Waals surface area (Å²) in [5, 5.41) is 4.17. The molecule has 1 N–H and O–H groups in total. The average Bonchev–Trinajstić information content (AvgIpc) is 2.84. The minimum absolute atomic E-state index is 0.112. The molecule has 0 atom stereocenters. The molecule has 1 aromatic heterocycles. The van der Waals surface area contributed by atoms with E-state index in [0.29, 0.717) is 10.6 Å². The molecule has 1 heterocycles. The molecule has 3 aromatic rings. The van der Waals surface area contributed by atoms with E-state index in [4.69, 9.17) is 0 Å². The first-order valence-electron chi connectivity index (χ1n) is 7.02. The van der Waals surface area contributed by atoms with Gasteiger partial charge in [-0.05, 0) is 24.3 Å². The zero-order valence-corrected chi connectivity index (χ0v) is 12.4. The molecule has 0 saturated heterocycles. The minimum atomic E-state index is -0.112. The van der Waals surface area contributed by atoms with Crippen LogP contribution in [0.25, 0.3) is 18.5 Å². The van der Waals surface area contributed by atoms with Crippen LogP contribution in [0.2, 0.25) is 0 Å². The Morgan fingerprint density at radius 2 is 1.64 bits per heavy atom. The van der Waals surface area contributed by atoms with Gasteiger partial charge in [0, 0.05) is 18.9 Å². The molecule has 0 aliphatic carbocycles. The molecule has 0 unspecified atom stereocenters. The Morgan fingerprint density at radius 1 is 1.05 bits per heavy atom. The summed E-state index contributed by atoms with van der Waals surface area (Å²) in [6.45, 7) is 3.94. The third-order valence-corrected chi connectivity index (χ3v) is 3.51. The van der Waals surface area contributed by atoms with Crippen LogP contribution in [0.15, 0.2) is 65.5 Å². The van der Waals surface area contributed by atoms with Crippen LogP contribution in [0, 0.1) is 0 Å². The summed E-state index contributed by atoms with van der Waals surface area (Å²) >= 11 is 0. The normalized spacial score (nSPS) is 11.6. The van der Waals surface area contributed by atoms with Gasteiger partial charge in [0.1, 0.15) is 0 Å². The van der Waals surface area contributed by atoms with Crippen molar-refractivity contribution in [3.8, 4) is 5.69 Å². The van der Waals surface area contributed by atoms with E-state index in [1.54, 1.807) is 6.20 Å². The Morgan fingerprint density at radius 3 is 2.27 bits per heavy atom. The summed E-state index contributed by atoms with van der Waals surface area (Å²) < 4.78 is 1.51. The summed E-state index contributed by atoms with van der Waals surface area (Å²) in [5.74, 6) is 0. The van der Waals surface area contributed by atoms with E-state index in [2.05, 4.69) is 11.7 Å². The van der Waals surface area contributed by atoms with Crippen molar-refractivity contribution in [1.82, 2.24) is 9.78 Å². The molecule has 3 rings (SSSR count). The Bertz CT molecular complexity index is 924. The Labute approximate surface area is 128 Å². The molecule has 0 bridgehead atoms. The maximum Gasteiger partial charge on any atom is 0.280 e. The number of hydrogen-bond donors (Lipinski definition) is 1. The first-order valence-corrected chi connectivity index (χ1v) is 7.02. The highest BCUT2D eigenvalue weighted by molar-refractivity contribution is 5.57. The molecule has 0 amide bonds. The van der Waals surface area contributed by atoms with Crippen LogP contribution in [0.4, 0.5) is 5.69 Å². The highest BCUT2D eigenvalue weighted by Crippen LogP contribution is 2.10. The van der Waals surface area contributed by atoms with Gasteiger partial charge in [-0.2, -0.15) is 0 Å². The first kappa shape index (κ1) is 13.9. The summed E-state index contributed by atoms with van der Waals surface area (Å²) in [7, 11) is 1.91. The van der Waals surface area contributed by atoms with Gasteiger partial charge in [-0.1, -0.05) is 43.0 Å². The fourth-order valence-corrected chi connectivity index (χ4v) is 2.32. The number of anilines is 1. The number of aromatic amines is 1. The number of H-pyrrole nitrogens is 1. The number of aromatic nitrogens is 2. The lowest BCUT2D eigenvalue weighted by molar-refractivity contribution is 0.838. The lowest BCUT2D eigenvalue weighted by Crippen LogP contribution is -2.36. The fourth-order valence-electron chi connectivity index (χ4n) is 2.32. The lowest BCUT2D eigenvalue weighted by Gasteiger charge is -2.12. The van der Waals surface area contributed by atoms with Gasteiger partial charge in [-0.3, -0.25) is 9.89 Å². The smallest absolute Gasteiger partial charge is 0.280 e. The van der Waals surface area contributed by atoms with Crippen LogP contribution in [-0.2, 0) is 0 Å². The van der Waals surface area contributed by atoms with Gasteiger partial charge in [-0.15, -0.1) is 0 Å². The van der Waals surface area contributed by atoms with Crippen molar-refractivity contribution in [2.45, 2.75) is 0 Å². The van der Waals surface area contributed by atoms with Crippen molar-refractivity contribution in [3.05, 3.63) is 81.6 Å². The number of benzene rings is 2. The van der Waals surface area contributed by atoms with Crippen molar-refractivity contribution in [2.75, 3.05) is 11.9 Å². The molecular formula is C18H17N3O. The Hall–Kier alpha value is -3.01. The molecule has 0 radical (unpaired) electrons. The maximum atomic E-state index is 12.6. The molecule has 0 spiro atoms. The minimum Gasteiger partial charge on any atom is -0.350 e. The van der Waals surface area contributed by atoms with Crippen LogP contribution in [0.1, 0.15) is 0 Å². The summed E-state index contributed by atoms with van der Waals surface area (Å²) in [6.07, 6.45) is 1.80. The van der Waals surface area contributed by atoms with E-state index in [9.17, 15) is 4.79 Å². The van der Waals surface area contributed by atoms with Crippen molar-refractivity contribution < 1.29 is 0 Å². The second kappa shape index (κ2) is 5.77. The number of hydrogen-bond acceptors (Lipinski definition) is 2. The molecule has 0 saturated carbocycles. The zero-order valence-electron chi connectivity index (χ0n) is 12.4. The number of nitrogens with zero attached hydrogens (tertiary/aromatic N) is 2. The number of rotatable bonds is 3. The summed E-state index contributed by atoms with van der Waals surface area (Å²) in [4.78, 5) is 14.5. The molecule has 2 aromatic carbocycles. The van der Waals surface area contributed by atoms with Gasteiger partial charge in [-0.25, -0.2) is 4.68 Å². The van der Waals surface area contributed by atoms with E-state index in [1.165, 1.54) is 4.68 Å². The van der Waals surface area contributed by atoms with Crippen LogP contribution < -0.4 is 21.0 Å². The van der Waals surface area contributed by atoms with Gasteiger partial charge in [0.2, 0.25) is 0 Å². The van der Waals surface area contributed by atoms with E-state index >= 15 is 0 Å². The first-order chi connectivity index (χ1) is 10.7. The number of nitrogens with one attached hydrogen (secondary N) is 1. The van der Waals surface area contributed by atoms with E-state index in [1.807, 2.05) is 72.6 Å². The standard InChI is InChI=1S/C18H17N3O/c1-14-17(13-20(2)15-9-5-3-6-10-15)18(22)21(19-14)16-11-7-4-8-12-16/h3-13,19H,1H2,2H3/b17-13-.